The highest BCUT2D eigenvalue weighted by molar-refractivity contribution is 7.10. The Morgan fingerprint density at radius 3 is 2.92 bits per heavy atom. The Bertz CT molecular complexity index is 311. The molecule has 4 N–H and O–H groups in total. The van der Waals surface area contributed by atoms with Gasteiger partial charge in [0.2, 0.25) is 5.88 Å². The molecule has 0 aliphatic rings. The van der Waals surface area contributed by atoms with Crippen molar-refractivity contribution in [3.8, 4) is 5.88 Å². The van der Waals surface area contributed by atoms with Crippen LogP contribution in [0.1, 0.15) is 23.7 Å². The van der Waals surface area contributed by atoms with E-state index in [4.69, 9.17) is 16.2 Å². The van der Waals surface area contributed by atoms with E-state index in [1.807, 2.05) is 6.92 Å². The lowest BCUT2D eigenvalue weighted by Gasteiger charge is -2.01. The molecule has 0 aromatic carbocycles. The van der Waals surface area contributed by atoms with Crippen molar-refractivity contribution in [1.82, 2.24) is 4.37 Å². The second kappa shape index (κ2) is 4.08. The number of primary amides is 1. The fourth-order valence-electron chi connectivity index (χ4n) is 0.811. The zero-order valence-electron chi connectivity index (χ0n) is 7.24. The standard InChI is InChI=1S/C7H11N3O2S/c1-2-3-12-7-4(5(8)11)6(9)13-10-7/h2-3,9H2,1H3,(H2,8,11). The summed E-state index contributed by atoms with van der Waals surface area (Å²) < 4.78 is 9.06. The first-order valence-electron chi connectivity index (χ1n) is 3.84. The van der Waals surface area contributed by atoms with E-state index in [0.29, 0.717) is 11.6 Å². The van der Waals surface area contributed by atoms with E-state index in [1.165, 1.54) is 0 Å². The summed E-state index contributed by atoms with van der Waals surface area (Å²) in [5.41, 5.74) is 10.8. The predicted octanol–water partition coefficient (Wildman–Crippen LogP) is 0.613. The molecule has 0 atom stereocenters. The maximum atomic E-state index is 10.9. The van der Waals surface area contributed by atoms with Crippen molar-refractivity contribution in [2.24, 2.45) is 5.73 Å². The molecule has 1 aromatic rings. The summed E-state index contributed by atoms with van der Waals surface area (Å²) in [5.74, 6) is -0.353. The van der Waals surface area contributed by atoms with Gasteiger partial charge in [-0.2, -0.15) is 4.37 Å². The Hall–Kier alpha value is -1.30. The lowest BCUT2D eigenvalue weighted by molar-refractivity contribution is 0.0997. The summed E-state index contributed by atoms with van der Waals surface area (Å²) in [6.07, 6.45) is 0.843. The molecule has 1 rings (SSSR count). The summed E-state index contributed by atoms with van der Waals surface area (Å²) in [5, 5.41) is 0.304. The third-order valence-electron chi connectivity index (χ3n) is 1.38. The zero-order valence-corrected chi connectivity index (χ0v) is 8.06. The number of amides is 1. The van der Waals surface area contributed by atoms with Crippen molar-refractivity contribution in [3.05, 3.63) is 5.56 Å². The van der Waals surface area contributed by atoms with E-state index in [2.05, 4.69) is 4.37 Å². The molecule has 0 saturated carbocycles. The van der Waals surface area contributed by atoms with Gasteiger partial charge in [-0.15, -0.1) is 0 Å². The number of hydrogen-bond donors (Lipinski definition) is 2. The van der Waals surface area contributed by atoms with Crippen LogP contribution in [0.15, 0.2) is 0 Å². The largest absolute Gasteiger partial charge is 0.476 e. The van der Waals surface area contributed by atoms with E-state index in [1.54, 1.807) is 0 Å². The number of carbonyl (C=O) groups is 1. The van der Waals surface area contributed by atoms with Gasteiger partial charge in [0.25, 0.3) is 5.91 Å². The van der Waals surface area contributed by atoms with Crippen molar-refractivity contribution in [1.29, 1.82) is 0 Å². The number of aromatic nitrogens is 1. The van der Waals surface area contributed by atoms with Crippen LogP contribution in [-0.2, 0) is 0 Å². The fraction of sp³-hybridized carbons (Fsp3) is 0.429. The molecule has 0 bridgehead atoms. The molecule has 1 aromatic heterocycles. The van der Waals surface area contributed by atoms with Gasteiger partial charge >= 0.3 is 0 Å². The van der Waals surface area contributed by atoms with Gasteiger partial charge in [0.05, 0.1) is 6.61 Å². The first-order chi connectivity index (χ1) is 6.16. The molecule has 13 heavy (non-hydrogen) atoms. The minimum Gasteiger partial charge on any atom is -0.476 e. The van der Waals surface area contributed by atoms with Crippen LogP contribution in [0.4, 0.5) is 5.00 Å². The number of nitrogens with zero attached hydrogens (tertiary/aromatic N) is 1. The van der Waals surface area contributed by atoms with Crippen LogP contribution in [-0.4, -0.2) is 16.9 Å². The van der Waals surface area contributed by atoms with Crippen LogP contribution >= 0.6 is 11.5 Å². The maximum Gasteiger partial charge on any atom is 0.257 e. The average Bonchev–Trinajstić information content (AvgIpc) is 2.43. The molecule has 1 amide bonds. The molecule has 1 heterocycles. The quantitative estimate of drug-likeness (QED) is 0.746. The van der Waals surface area contributed by atoms with Crippen molar-refractivity contribution in [3.63, 3.8) is 0 Å². The van der Waals surface area contributed by atoms with Gasteiger partial charge in [0.15, 0.2) is 0 Å². The Labute approximate surface area is 79.8 Å². The molecule has 0 saturated heterocycles. The van der Waals surface area contributed by atoms with E-state index in [-0.39, 0.29) is 11.4 Å². The Morgan fingerprint density at radius 1 is 1.69 bits per heavy atom. The average molecular weight is 201 g/mol. The SMILES string of the molecule is CCCOc1nsc(N)c1C(N)=O. The van der Waals surface area contributed by atoms with Crippen molar-refractivity contribution in [2.75, 3.05) is 12.3 Å². The Kier molecular flexibility index (Phi) is 3.07. The van der Waals surface area contributed by atoms with Gasteiger partial charge in [-0.05, 0) is 18.0 Å². The van der Waals surface area contributed by atoms with Crippen LogP contribution in [0.2, 0.25) is 0 Å². The molecule has 5 nitrogen and oxygen atoms in total. The summed E-state index contributed by atoms with van der Waals surface area (Å²) >= 11 is 1.01. The normalized spacial score (nSPS) is 9.92. The minimum absolute atomic E-state index is 0.193. The fourth-order valence-corrected chi connectivity index (χ4v) is 1.42. The number of nitrogens with two attached hydrogens (primary N) is 2. The number of carbonyl (C=O) groups excluding carboxylic acids is 1. The third-order valence-corrected chi connectivity index (χ3v) is 2.03. The molecule has 72 valence electrons. The number of nitrogen functional groups attached to an aromatic ring is 1. The summed E-state index contributed by atoms with van der Waals surface area (Å²) in [6.45, 7) is 2.46. The molecule has 0 radical (unpaired) electrons. The van der Waals surface area contributed by atoms with E-state index >= 15 is 0 Å². The number of hydrogen-bond acceptors (Lipinski definition) is 5. The molecule has 0 aliphatic heterocycles. The monoisotopic (exact) mass is 201 g/mol. The van der Waals surface area contributed by atoms with Gasteiger partial charge < -0.3 is 16.2 Å². The second-order valence-corrected chi connectivity index (χ2v) is 3.24. The summed E-state index contributed by atoms with van der Waals surface area (Å²) in [6, 6.07) is 0. The molecule has 0 fully saturated rings. The lowest BCUT2D eigenvalue weighted by atomic mass is 10.3. The Balaban J connectivity index is 2.87. The van der Waals surface area contributed by atoms with Crippen LogP contribution in [0.5, 0.6) is 5.88 Å². The van der Waals surface area contributed by atoms with Gasteiger partial charge in [0, 0.05) is 0 Å². The van der Waals surface area contributed by atoms with Gasteiger partial charge in [0.1, 0.15) is 10.6 Å². The highest BCUT2D eigenvalue weighted by atomic mass is 32.1. The highest BCUT2D eigenvalue weighted by Crippen LogP contribution is 2.26. The van der Waals surface area contributed by atoms with Crippen LogP contribution in [0, 0.1) is 0 Å². The van der Waals surface area contributed by atoms with Gasteiger partial charge in [-0.25, -0.2) is 0 Å². The van der Waals surface area contributed by atoms with Crippen LogP contribution in [0.3, 0.4) is 0 Å². The number of rotatable bonds is 4. The molecule has 0 unspecified atom stereocenters. The minimum atomic E-state index is -0.600. The van der Waals surface area contributed by atoms with Crippen molar-refractivity contribution < 1.29 is 9.53 Å². The van der Waals surface area contributed by atoms with Gasteiger partial charge in [-0.3, -0.25) is 4.79 Å². The number of ether oxygens (including phenoxy) is 1. The second-order valence-electron chi connectivity index (χ2n) is 2.44. The summed E-state index contributed by atoms with van der Waals surface area (Å²) in [4.78, 5) is 10.9. The van der Waals surface area contributed by atoms with E-state index in [0.717, 1.165) is 18.0 Å². The maximum absolute atomic E-state index is 10.9. The van der Waals surface area contributed by atoms with Crippen LogP contribution in [0.25, 0.3) is 0 Å². The van der Waals surface area contributed by atoms with Gasteiger partial charge in [-0.1, -0.05) is 6.92 Å². The highest BCUT2D eigenvalue weighted by Gasteiger charge is 2.17. The summed E-state index contributed by atoms with van der Waals surface area (Å²) in [7, 11) is 0. The molecular weight excluding hydrogens is 190 g/mol. The number of anilines is 1. The zero-order chi connectivity index (χ0) is 9.84. The molecule has 0 spiro atoms. The molecule has 0 aliphatic carbocycles. The van der Waals surface area contributed by atoms with E-state index < -0.39 is 5.91 Å². The molecule has 6 heteroatoms. The Morgan fingerprint density at radius 2 is 2.38 bits per heavy atom. The van der Waals surface area contributed by atoms with Crippen LogP contribution < -0.4 is 16.2 Å². The topological polar surface area (TPSA) is 91.2 Å². The first kappa shape index (κ1) is 9.79. The van der Waals surface area contributed by atoms with Crippen molar-refractivity contribution in [2.45, 2.75) is 13.3 Å². The smallest absolute Gasteiger partial charge is 0.257 e. The first-order valence-corrected chi connectivity index (χ1v) is 4.62. The van der Waals surface area contributed by atoms with Crippen molar-refractivity contribution >= 4 is 22.4 Å². The van der Waals surface area contributed by atoms with E-state index in [9.17, 15) is 4.79 Å². The third kappa shape index (κ3) is 2.09. The predicted molar refractivity (Wildman–Crippen MR) is 50.8 cm³/mol. The molecular formula is C7H11N3O2S. The lowest BCUT2D eigenvalue weighted by Crippen LogP contribution is -2.13.